The van der Waals surface area contributed by atoms with Crippen LogP contribution in [0.3, 0.4) is 0 Å². The topological polar surface area (TPSA) is 65.5 Å². The standard InChI is InChI=1S/C17H28N4O2S/c22-24(23,21-12-5-6-13-21)16-7-8-17(19-15-16)18-9-14-20-10-3-1-2-4-11-20/h7-8,15H,1-6,9-14H2,(H,18,19). The lowest BCUT2D eigenvalue weighted by Gasteiger charge is -2.20. The zero-order valence-corrected chi connectivity index (χ0v) is 15.1. The molecule has 0 aromatic carbocycles. The Morgan fingerprint density at radius 3 is 2.25 bits per heavy atom. The third-order valence-corrected chi connectivity index (χ3v) is 6.75. The van der Waals surface area contributed by atoms with Crippen LogP contribution in [0.1, 0.15) is 38.5 Å². The molecule has 1 aromatic rings. The maximum Gasteiger partial charge on any atom is 0.244 e. The van der Waals surface area contributed by atoms with Crippen molar-refractivity contribution >= 4 is 15.8 Å². The van der Waals surface area contributed by atoms with E-state index in [4.69, 9.17) is 0 Å². The molecule has 7 heteroatoms. The zero-order chi connectivity index (χ0) is 16.8. The zero-order valence-electron chi connectivity index (χ0n) is 14.3. The van der Waals surface area contributed by atoms with Crippen LogP contribution in [-0.2, 0) is 10.0 Å². The first kappa shape index (κ1) is 17.6. The van der Waals surface area contributed by atoms with Crippen LogP contribution in [0.15, 0.2) is 23.2 Å². The fourth-order valence-corrected chi connectivity index (χ4v) is 4.88. The largest absolute Gasteiger partial charge is 0.369 e. The van der Waals surface area contributed by atoms with E-state index in [1.165, 1.54) is 45.0 Å². The Labute approximate surface area is 145 Å². The molecule has 24 heavy (non-hydrogen) atoms. The lowest BCUT2D eigenvalue weighted by Crippen LogP contribution is -2.30. The van der Waals surface area contributed by atoms with E-state index < -0.39 is 10.0 Å². The summed E-state index contributed by atoms with van der Waals surface area (Å²) in [7, 11) is -3.36. The highest BCUT2D eigenvalue weighted by molar-refractivity contribution is 7.89. The maximum absolute atomic E-state index is 12.5. The van der Waals surface area contributed by atoms with E-state index in [9.17, 15) is 8.42 Å². The summed E-state index contributed by atoms with van der Waals surface area (Å²) in [6.07, 6.45) is 8.65. The summed E-state index contributed by atoms with van der Waals surface area (Å²) >= 11 is 0. The summed E-state index contributed by atoms with van der Waals surface area (Å²) in [5.74, 6) is 0.741. The van der Waals surface area contributed by atoms with E-state index in [0.717, 1.165) is 31.7 Å². The second-order valence-corrected chi connectivity index (χ2v) is 8.61. The first-order chi connectivity index (χ1) is 11.7. The third kappa shape index (κ3) is 4.46. The van der Waals surface area contributed by atoms with E-state index in [1.807, 2.05) is 0 Å². The minimum absolute atomic E-state index is 0.294. The van der Waals surface area contributed by atoms with E-state index in [0.29, 0.717) is 18.0 Å². The fraction of sp³-hybridized carbons (Fsp3) is 0.706. The van der Waals surface area contributed by atoms with Crippen molar-refractivity contribution in [2.24, 2.45) is 0 Å². The highest BCUT2D eigenvalue weighted by atomic mass is 32.2. The van der Waals surface area contributed by atoms with Crippen LogP contribution in [0.5, 0.6) is 0 Å². The van der Waals surface area contributed by atoms with E-state index in [2.05, 4.69) is 15.2 Å². The van der Waals surface area contributed by atoms with Crippen LogP contribution in [0, 0.1) is 0 Å². The smallest absolute Gasteiger partial charge is 0.244 e. The van der Waals surface area contributed by atoms with Gasteiger partial charge in [-0.2, -0.15) is 4.31 Å². The van der Waals surface area contributed by atoms with Crippen molar-refractivity contribution in [1.29, 1.82) is 0 Å². The normalized spacial score (nSPS) is 20.8. The number of aromatic nitrogens is 1. The molecular formula is C17H28N4O2S. The number of pyridine rings is 1. The number of hydrogen-bond acceptors (Lipinski definition) is 5. The van der Waals surface area contributed by atoms with Crippen molar-refractivity contribution in [1.82, 2.24) is 14.2 Å². The number of sulfonamides is 1. The summed E-state index contributed by atoms with van der Waals surface area (Å²) in [5.41, 5.74) is 0. The van der Waals surface area contributed by atoms with Crippen molar-refractivity contribution in [2.45, 2.75) is 43.4 Å². The Morgan fingerprint density at radius 2 is 1.62 bits per heavy atom. The first-order valence-electron chi connectivity index (χ1n) is 9.09. The molecule has 2 saturated heterocycles. The maximum atomic E-state index is 12.5. The molecule has 1 N–H and O–H groups in total. The monoisotopic (exact) mass is 352 g/mol. The Balaban J connectivity index is 1.51. The predicted octanol–water partition coefficient (Wildman–Crippen LogP) is 2.15. The molecule has 2 aliphatic rings. The summed E-state index contributed by atoms with van der Waals surface area (Å²) in [6, 6.07) is 3.43. The number of nitrogens with zero attached hydrogens (tertiary/aromatic N) is 3. The molecule has 0 radical (unpaired) electrons. The molecule has 6 nitrogen and oxygen atoms in total. The molecule has 0 spiro atoms. The Morgan fingerprint density at radius 1 is 0.958 bits per heavy atom. The van der Waals surface area contributed by atoms with E-state index in [1.54, 1.807) is 16.4 Å². The number of anilines is 1. The number of rotatable bonds is 6. The van der Waals surface area contributed by atoms with Gasteiger partial charge in [0.05, 0.1) is 0 Å². The van der Waals surface area contributed by atoms with Gasteiger partial charge in [-0.1, -0.05) is 12.8 Å². The lowest BCUT2D eigenvalue weighted by atomic mass is 10.2. The van der Waals surface area contributed by atoms with Gasteiger partial charge < -0.3 is 10.2 Å². The quantitative estimate of drug-likeness (QED) is 0.850. The Hall–Kier alpha value is -1.18. The van der Waals surface area contributed by atoms with Crippen molar-refractivity contribution in [3.63, 3.8) is 0 Å². The van der Waals surface area contributed by atoms with Gasteiger partial charge in [0.15, 0.2) is 0 Å². The van der Waals surface area contributed by atoms with E-state index >= 15 is 0 Å². The average molecular weight is 353 g/mol. The van der Waals surface area contributed by atoms with Crippen molar-refractivity contribution in [3.05, 3.63) is 18.3 Å². The van der Waals surface area contributed by atoms with E-state index in [-0.39, 0.29) is 0 Å². The minimum atomic E-state index is -3.36. The molecule has 0 saturated carbocycles. The number of hydrogen-bond donors (Lipinski definition) is 1. The molecule has 3 heterocycles. The molecule has 3 rings (SSSR count). The molecule has 0 amide bonds. The van der Waals surface area contributed by atoms with Crippen LogP contribution in [0.2, 0.25) is 0 Å². The SMILES string of the molecule is O=S(=O)(c1ccc(NCCN2CCCCCC2)nc1)N1CCCC1. The summed E-state index contributed by atoms with van der Waals surface area (Å²) < 4.78 is 26.5. The molecule has 0 atom stereocenters. The molecular weight excluding hydrogens is 324 g/mol. The van der Waals surface area contributed by atoms with Gasteiger partial charge >= 0.3 is 0 Å². The van der Waals surface area contributed by atoms with Crippen LogP contribution in [0.25, 0.3) is 0 Å². The molecule has 2 fully saturated rings. The van der Waals surface area contributed by atoms with Crippen LogP contribution in [0.4, 0.5) is 5.82 Å². The molecule has 134 valence electrons. The summed E-state index contributed by atoms with van der Waals surface area (Å²) in [5, 5.41) is 3.30. The van der Waals surface area contributed by atoms with Crippen molar-refractivity contribution in [3.8, 4) is 0 Å². The predicted molar refractivity (Wildman–Crippen MR) is 95.6 cm³/mol. The summed E-state index contributed by atoms with van der Waals surface area (Å²) in [6.45, 7) is 5.46. The number of likely N-dealkylation sites (tertiary alicyclic amines) is 1. The Kier molecular flexibility index (Phi) is 6.08. The molecule has 0 unspecified atom stereocenters. The van der Waals surface area contributed by atoms with Gasteiger partial charge in [0.25, 0.3) is 0 Å². The molecule has 0 bridgehead atoms. The second kappa shape index (κ2) is 8.27. The van der Waals surface area contributed by atoms with Gasteiger partial charge in [0.2, 0.25) is 10.0 Å². The lowest BCUT2D eigenvalue weighted by molar-refractivity contribution is 0.296. The minimum Gasteiger partial charge on any atom is -0.369 e. The van der Waals surface area contributed by atoms with Crippen LogP contribution < -0.4 is 5.32 Å². The highest BCUT2D eigenvalue weighted by Crippen LogP contribution is 2.20. The summed E-state index contributed by atoms with van der Waals surface area (Å²) in [4.78, 5) is 7.07. The van der Waals surface area contributed by atoms with Crippen LogP contribution >= 0.6 is 0 Å². The number of nitrogens with one attached hydrogen (secondary N) is 1. The first-order valence-corrected chi connectivity index (χ1v) is 10.5. The highest BCUT2D eigenvalue weighted by Gasteiger charge is 2.27. The van der Waals surface area contributed by atoms with Gasteiger partial charge in [-0.05, 0) is 50.9 Å². The third-order valence-electron chi connectivity index (χ3n) is 4.87. The van der Waals surface area contributed by atoms with Gasteiger partial charge in [-0.15, -0.1) is 0 Å². The van der Waals surface area contributed by atoms with Gasteiger partial charge in [0.1, 0.15) is 10.7 Å². The van der Waals surface area contributed by atoms with Crippen LogP contribution in [-0.4, -0.2) is 61.9 Å². The Bertz CT molecular complexity index is 604. The van der Waals surface area contributed by atoms with Crippen molar-refractivity contribution in [2.75, 3.05) is 44.6 Å². The molecule has 0 aliphatic carbocycles. The van der Waals surface area contributed by atoms with Gasteiger partial charge in [0, 0.05) is 32.4 Å². The molecule has 1 aromatic heterocycles. The van der Waals surface area contributed by atoms with Gasteiger partial charge in [-0.25, -0.2) is 13.4 Å². The fourth-order valence-electron chi connectivity index (χ4n) is 3.42. The van der Waals surface area contributed by atoms with Gasteiger partial charge in [-0.3, -0.25) is 0 Å². The molecule has 2 aliphatic heterocycles. The average Bonchev–Trinajstić information content (AvgIpc) is 3.02. The second-order valence-electron chi connectivity index (χ2n) is 6.67. The van der Waals surface area contributed by atoms with Crippen molar-refractivity contribution < 1.29 is 8.42 Å².